The molecule has 5 saturated carbocycles. The SMILES string of the molecule is Cc1ncsc1-c1ccc([C@H](CC(=O)NCCCCCNC(=O)c2nc(N3CCc4cccc(C(=O)Nc5nc6ccccc6s5)c4C3)ccc2-c2cnn(CC34CC5CC(CC(C5)C3)C4)c2C)NC(=O)[C@@H]2C[C@@H](O)CN2C(=O)[C@@H](NC(=O)C2(C#N)CC2)C(C)(C)C)cc1. The number of aryl methyl sites for hydroxylation is 1. The average Bonchev–Trinajstić information content (AvgIpc) is 1.04. The highest BCUT2D eigenvalue weighted by atomic mass is 32.1. The van der Waals surface area contributed by atoms with Gasteiger partial charge in [-0.2, -0.15) is 10.4 Å². The van der Waals surface area contributed by atoms with Crippen molar-refractivity contribution in [3.8, 4) is 27.6 Å². The van der Waals surface area contributed by atoms with E-state index < -0.39 is 52.8 Å². The van der Waals surface area contributed by atoms with Gasteiger partial charge in [-0.1, -0.05) is 80.6 Å². The third-order valence-corrected chi connectivity index (χ3v) is 22.6. The number of nitrogens with zero attached hydrogens (tertiary/aromatic N) is 8. The number of unbranched alkanes of at least 4 members (excludes halogenated alkanes) is 2. The number of fused-ring (bicyclic) bond motifs is 2. The van der Waals surface area contributed by atoms with Crippen LogP contribution in [0.15, 0.2) is 90.6 Å². The summed E-state index contributed by atoms with van der Waals surface area (Å²) in [5.41, 5.74) is 8.82. The first-order valence-corrected chi connectivity index (χ1v) is 35.0. The Bertz CT molecular complexity index is 4030. The molecule has 6 fully saturated rings. The zero-order chi connectivity index (χ0) is 65.6. The van der Waals surface area contributed by atoms with Crippen LogP contribution in [0.5, 0.6) is 0 Å². The Kier molecular flexibility index (Phi) is 18.1. The Hall–Kier alpha value is -8.39. The van der Waals surface area contributed by atoms with Crippen LogP contribution in [0.25, 0.3) is 31.8 Å². The van der Waals surface area contributed by atoms with E-state index in [9.17, 15) is 39.1 Å². The number of nitrogens with one attached hydrogen (secondary N) is 5. The van der Waals surface area contributed by atoms with Gasteiger partial charge in [0.05, 0.1) is 57.1 Å². The number of benzene rings is 3. The summed E-state index contributed by atoms with van der Waals surface area (Å²) in [6.07, 6.45) is 12.0. The van der Waals surface area contributed by atoms with Crippen molar-refractivity contribution in [3.05, 3.63) is 130 Å². The maximum atomic E-state index is 14.7. The van der Waals surface area contributed by atoms with Gasteiger partial charge in [0.2, 0.25) is 23.6 Å². The quantitative estimate of drug-likeness (QED) is 0.0345. The number of aliphatic hydroxyl groups excluding tert-OH is 1. The molecule has 3 aromatic carbocycles. The van der Waals surface area contributed by atoms with Crippen molar-refractivity contribution in [3.63, 3.8) is 0 Å². The lowest BCUT2D eigenvalue weighted by atomic mass is 9.49. The van der Waals surface area contributed by atoms with Crippen LogP contribution in [0, 0.1) is 59.2 Å². The molecule has 14 rings (SSSR count). The number of likely N-dealkylation sites (tertiary alicyclic amines) is 1. The van der Waals surface area contributed by atoms with Crippen LogP contribution >= 0.6 is 22.7 Å². The number of hydrogen-bond donors (Lipinski definition) is 6. The van der Waals surface area contributed by atoms with Gasteiger partial charge in [-0.25, -0.2) is 15.0 Å². The van der Waals surface area contributed by atoms with Crippen LogP contribution < -0.4 is 31.5 Å². The summed E-state index contributed by atoms with van der Waals surface area (Å²) in [5.74, 6) is 0.596. The number of β-amino-alcohol motifs (C(OH)–C–C–N with tert-alkyl or cyclic N) is 1. The number of carbonyl (C=O) groups excluding carboxylic acids is 6. The van der Waals surface area contributed by atoms with Gasteiger partial charge in [0.25, 0.3) is 11.8 Å². The summed E-state index contributed by atoms with van der Waals surface area (Å²) in [6, 6.07) is 24.3. The molecule has 7 aromatic rings. The number of aliphatic hydroxyl groups is 1. The topological polar surface area (TPSA) is 270 Å². The fraction of sp³-hybridized carbons (Fsp3) is 0.486. The van der Waals surface area contributed by atoms with E-state index in [4.69, 9.17) is 10.1 Å². The number of carbonyl (C=O) groups is 6. The van der Waals surface area contributed by atoms with Gasteiger partial charge in [-0.15, -0.1) is 11.3 Å². The summed E-state index contributed by atoms with van der Waals surface area (Å²) in [4.78, 5) is 104. The molecule has 20 nitrogen and oxygen atoms in total. The maximum Gasteiger partial charge on any atom is 0.270 e. The minimum atomic E-state index is -1.18. The van der Waals surface area contributed by atoms with Gasteiger partial charge in [0.15, 0.2) is 5.13 Å². The zero-order valence-electron chi connectivity index (χ0n) is 54.1. The monoisotopic (exact) mass is 1310 g/mol. The average molecular weight is 1310 g/mol. The Labute approximate surface area is 556 Å². The number of rotatable bonds is 22. The molecule has 22 heteroatoms. The van der Waals surface area contributed by atoms with E-state index in [0.29, 0.717) is 98.0 Å². The van der Waals surface area contributed by atoms with Crippen molar-refractivity contribution in [1.82, 2.24) is 50.9 Å². The predicted molar refractivity (Wildman–Crippen MR) is 361 cm³/mol. The van der Waals surface area contributed by atoms with Gasteiger partial charge in [-0.3, -0.25) is 38.8 Å². The smallest absolute Gasteiger partial charge is 0.270 e. The third-order valence-electron chi connectivity index (χ3n) is 20.6. The first kappa shape index (κ1) is 64.3. The fourth-order valence-electron chi connectivity index (χ4n) is 15.8. The summed E-state index contributed by atoms with van der Waals surface area (Å²) in [7, 11) is 0. The highest BCUT2D eigenvalue weighted by Crippen LogP contribution is 2.61. The number of aromatic nitrogens is 5. The molecule has 0 unspecified atom stereocenters. The first-order valence-electron chi connectivity index (χ1n) is 33.4. The molecule has 5 aliphatic carbocycles. The van der Waals surface area contributed by atoms with Crippen LogP contribution in [0.4, 0.5) is 10.9 Å². The van der Waals surface area contributed by atoms with E-state index in [2.05, 4.69) is 65.2 Å². The molecule has 4 bridgehead atoms. The normalized spacial score (nSPS) is 22.2. The Balaban J connectivity index is 0.667. The second-order valence-electron chi connectivity index (χ2n) is 28.5. The molecule has 6 amide bonds. The van der Waals surface area contributed by atoms with Crippen molar-refractivity contribution in [2.45, 2.75) is 162 Å². The van der Waals surface area contributed by atoms with Crippen LogP contribution in [-0.2, 0) is 38.7 Å². The molecule has 490 valence electrons. The predicted octanol–water partition coefficient (Wildman–Crippen LogP) is 10.4. The molecular weight excluding hydrogens is 1220 g/mol. The lowest BCUT2D eigenvalue weighted by molar-refractivity contribution is -0.144. The van der Waals surface area contributed by atoms with Gasteiger partial charge in [0, 0.05) is 68.1 Å². The van der Waals surface area contributed by atoms with Crippen molar-refractivity contribution in [2.75, 3.05) is 36.4 Å². The zero-order valence-corrected chi connectivity index (χ0v) is 55.8. The molecule has 4 aromatic heterocycles. The molecule has 7 aliphatic rings. The van der Waals surface area contributed by atoms with E-state index in [1.807, 2.05) is 85.9 Å². The van der Waals surface area contributed by atoms with Crippen molar-refractivity contribution in [1.29, 1.82) is 5.26 Å². The minimum absolute atomic E-state index is 0.0463. The number of anilines is 2. The van der Waals surface area contributed by atoms with Gasteiger partial charge in [-0.05, 0) is 172 Å². The van der Waals surface area contributed by atoms with E-state index in [1.165, 1.54) is 66.1 Å². The molecule has 0 spiro atoms. The standard InChI is InChI=1S/C72H83N13O7S2/c1-42-62(93-41-76-42)49-18-16-48(17-19-49)56(78-65(89)57-31-50(86)37-84(57)67(91)63(70(3,4)5)81-68(92)72(39-73)23-24-72)32-60(87)74-25-9-6-10-26-75-66(90)61-51(53-36-77-85(43(53)2)40-71-33-44-28-45(34-71)30-46(29-44)35-71)20-21-59(80-61)83-27-22-47-12-11-13-52(54(47)38-83)64(88)82-69-79-55-14-7-8-15-58(55)94-69/h7-8,11-21,36,41,44-46,50,56-57,63,86H,6,9-10,22-35,37-38,40H2,1-5H3,(H,74,87)(H,75,90)(H,78,89)(H,81,92)(H,79,82,88)/t44?,45?,46?,50-,56+,57+,63-,71?/m1/s1. The second-order valence-corrected chi connectivity index (χ2v) is 30.4. The van der Waals surface area contributed by atoms with Gasteiger partial charge in [0.1, 0.15) is 29.0 Å². The lowest BCUT2D eigenvalue weighted by Gasteiger charge is -2.56. The van der Waals surface area contributed by atoms with E-state index in [0.717, 1.165) is 73.0 Å². The minimum Gasteiger partial charge on any atom is -0.391 e. The molecule has 6 heterocycles. The van der Waals surface area contributed by atoms with Gasteiger partial charge < -0.3 is 36.2 Å². The molecule has 1 saturated heterocycles. The lowest BCUT2D eigenvalue weighted by Crippen LogP contribution is -2.58. The summed E-state index contributed by atoms with van der Waals surface area (Å²) in [6.45, 7) is 11.9. The summed E-state index contributed by atoms with van der Waals surface area (Å²) < 4.78 is 3.17. The Morgan fingerprint density at radius 2 is 1.55 bits per heavy atom. The number of thiazole rings is 2. The van der Waals surface area contributed by atoms with E-state index in [-0.39, 0.29) is 42.5 Å². The van der Waals surface area contributed by atoms with Gasteiger partial charge >= 0.3 is 0 Å². The molecule has 6 N–H and O–H groups in total. The number of para-hydroxylation sites is 1. The first-order chi connectivity index (χ1) is 45.2. The van der Waals surface area contributed by atoms with Crippen molar-refractivity contribution >= 4 is 79.3 Å². The highest BCUT2D eigenvalue weighted by molar-refractivity contribution is 7.22. The second kappa shape index (κ2) is 26.4. The third kappa shape index (κ3) is 13.5. The Morgan fingerprint density at radius 1 is 0.819 bits per heavy atom. The molecular formula is C72H83N13O7S2. The number of nitriles is 1. The maximum absolute atomic E-state index is 14.7. The van der Waals surface area contributed by atoms with Crippen LogP contribution in [0.1, 0.15) is 159 Å². The van der Waals surface area contributed by atoms with Crippen molar-refractivity contribution in [2.24, 2.45) is 34.0 Å². The van der Waals surface area contributed by atoms with E-state index >= 15 is 0 Å². The summed E-state index contributed by atoms with van der Waals surface area (Å²) in [5, 5.41) is 41.4. The highest BCUT2D eigenvalue weighted by Gasteiger charge is 2.54. The van der Waals surface area contributed by atoms with Crippen LogP contribution in [0.2, 0.25) is 0 Å². The summed E-state index contributed by atoms with van der Waals surface area (Å²) >= 11 is 2.95. The van der Waals surface area contributed by atoms with Crippen LogP contribution in [0.3, 0.4) is 0 Å². The number of amides is 6. The number of pyridine rings is 1. The fourth-order valence-corrected chi connectivity index (χ4v) is 17.5. The molecule has 2 aliphatic heterocycles. The molecule has 0 radical (unpaired) electrons. The van der Waals surface area contributed by atoms with E-state index in [1.54, 1.807) is 26.3 Å². The number of hydrogen-bond acceptors (Lipinski definition) is 15. The Morgan fingerprint density at radius 3 is 2.24 bits per heavy atom. The largest absolute Gasteiger partial charge is 0.391 e. The molecule has 4 atom stereocenters. The molecule has 94 heavy (non-hydrogen) atoms. The van der Waals surface area contributed by atoms with Crippen molar-refractivity contribution < 1.29 is 33.9 Å². The van der Waals surface area contributed by atoms with Crippen LogP contribution in [-0.4, -0.2) is 115 Å².